The molecule has 2 aromatic rings. The molecular formula is C13H13N3S. The van der Waals surface area contributed by atoms with Crippen LogP contribution in [0.25, 0.3) is 0 Å². The molecule has 0 fully saturated rings. The molecule has 3 nitrogen and oxygen atoms in total. The van der Waals surface area contributed by atoms with E-state index in [-0.39, 0.29) is 0 Å². The molecule has 1 heterocycles. The Kier molecular flexibility index (Phi) is 3.12. The molecular weight excluding hydrogens is 230 g/mol. The lowest BCUT2D eigenvalue weighted by molar-refractivity contribution is 1.31. The van der Waals surface area contributed by atoms with Gasteiger partial charge in [0.05, 0.1) is 5.69 Å². The molecule has 0 amide bonds. The van der Waals surface area contributed by atoms with Gasteiger partial charge in [-0.3, -0.25) is 0 Å². The quantitative estimate of drug-likeness (QED) is 0.875. The smallest absolute Gasteiger partial charge is 0.132 e. The molecule has 1 aromatic carbocycles. The predicted molar refractivity (Wildman–Crippen MR) is 70.8 cm³/mol. The fourth-order valence-corrected chi connectivity index (χ4v) is 2.30. The number of anilines is 2. The fourth-order valence-electron chi connectivity index (χ4n) is 1.54. The Morgan fingerprint density at radius 1 is 1.24 bits per heavy atom. The van der Waals surface area contributed by atoms with Gasteiger partial charge in [0.1, 0.15) is 16.6 Å². The zero-order valence-corrected chi connectivity index (χ0v) is 10.9. The van der Waals surface area contributed by atoms with E-state index < -0.39 is 0 Å². The zero-order chi connectivity index (χ0) is 12.4. The van der Waals surface area contributed by atoms with Crippen molar-refractivity contribution in [3.05, 3.63) is 40.6 Å². The van der Waals surface area contributed by atoms with E-state index in [1.807, 2.05) is 13.0 Å². The normalized spacial score (nSPS) is 10.0. The van der Waals surface area contributed by atoms with Gasteiger partial charge in [-0.1, -0.05) is 6.07 Å². The third-order valence-corrected chi connectivity index (χ3v) is 3.59. The van der Waals surface area contributed by atoms with Crippen molar-refractivity contribution in [3.63, 3.8) is 0 Å². The van der Waals surface area contributed by atoms with E-state index >= 15 is 0 Å². The molecule has 2 rings (SSSR count). The van der Waals surface area contributed by atoms with Crippen LogP contribution in [0.15, 0.2) is 18.2 Å². The Morgan fingerprint density at radius 2 is 2.00 bits per heavy atom. The number of nitrogens with one attached hydrogen (secondary N) is 1. The summed E-state index contributed by atoms with van der Waals surface area (Å²) in [6, 6.07) is 8.33. The topological polar surface area (TPSA) is 48.7 Å². The Morgan fingerprint density at radius 3 is 2.65 bits per heavy atom. The molecule has 86 valence electrons. The summed E-state index contributed by atoms with van der Waals surface area (Å²) < 4.78 is 4.18. The van der Waals surface area contributed by atoms with Crippen LogP contribution in [0.1, 0.15) is 22.4 Å². The third-order valence-electron chi connectivity index (χ3n) is 2.74. The number of nitrogens with zero attached hydrogens (tertiary/aromatic N) is 2. The summed E-state index contributed by atoms with van der Waals surface area (Å²) in [7, 11) is 0. The van der Waals surface area contributed by atoms with Crippen molar-refractivity contribution in [2.24, 2.45) is 0 Å². The van der Waals surface area contributed by atoms with Crippen LogP contribution in [0.5, 0.6) is 0 Å². The Hall–Kier alpha value is -1.86. The first-order chi connectivity index (χ1) is 8.11. The summed E-state index contributed by atoms with van der Waals surface area (Å²) in [5.74, 6) is 0. The Bertz CT molecular complexity index is 593. The summed E-state index contributed by atoms with van der Waals surface area (Å²) in [6.07, 6.45) is 0. The molecule has 0 bridgehead atoms. The molecule has 17 heavy (non-hydrogen) atoms. The number of nitriles is 1. The van der Waals surface area contributed by atoms with Crippen LogP contribution in [0.3, 0.4) is 0 Å². The number of aromatic nitrogens is 1. The molecule has 0 saturated heterocycles. The van der Waals surface area contributed by atoms with Gasteiger partial charge in [-0.05, 0) is 55.6 Å². The van der Waals surface area contributed by atoms with Gasteiger partial charge in [-0.25, -0.2) is 0 Å². The molecule has 0 spiro atoms. The number of rotatable bonds is 2. The van der Waals surface area contributed by atoms with Crippen LogP contribution in [-0.4, -0.2) is 4.37 Å². The molecule has 1 N–H and O–H groups in total. The average Bonchev–Trinajstić information content (AvgIpc) is 2.64. The van der Waals surface area contributed by atoms with Gasteiger partial charge in [-0.2, -0.15) is 9.64 Å². The van der Waals surface area contributed by atoms with E-state index in [1.165, 1.54) is 22.7 Å². The van der Waals surface area contributed by atoms with Crippen molar-refractivity contribution in [2.45, 2.75) is 20.8 Å². The lowest BCUT2D eigenvalue weighted by atomic mass is 10.1. The van der Waals surface area contributed by atoms with Crippen molar-refractivity contribution in [1.82, 2.24) is 4.37 Å². The van der Waals surface area contributed by atoms with Crippen LogP contribution in [0, 0.1) is 32.1 Å². The second-order valence-corrected chi connectivity index (χ2v) is 4.78. The lowest BCUT2D eigenvalue weighted by Gasteiger charge is -2.06. The largest absolute Gasteiger partial charge is 0.345 e. The summed E-state index contributed by atoms with van der Waals surface area (Å²) in [6.45, 7) is 6.00. The summed E-state index contributed by atoms with van der Waals surface area (Å²) in [5.41, 5.74) is 4.90. The van der Waals surface area contributed by atoms with E-state index in [4.69, 9.17) is 5.26 Å². The first-order valence-corrected chi connectivity index (χ1v) is 6.10. The number of benzene rings is 1. The van der Waals surface area contributed by atoms with Crippen LogP contribution in [-0.2, 0) is 0 Å². The SMILES string of the molecule is Cc1ccc(Nc2snc(C)c2C#N)cc1C. The van der Waals surface area contributed by atoms with Gasteiger partial charge >= 0.3 is 0 Å². The summed E-state index contributed by atoms with van der Waals surface area (Å²) in [5, 5.41) is 13.1. The van der Waals surface area contributed by atoms with Crippen molar-refractivity contribution in [2.75, 3.05) is 5.32 Å². The van der Waals surface area contributed by atoms with Gasteiger partial charge in [0.25, 0.3) is 0 Å². The zero-order valence-electron chi connectivity index (χ0n) is 10.0. The minimum atomic E-state index is 0.633. The van der Waals surface area contributed by atoms with Gasteiger partial charge in [0.15, 0.2) is 0 Å². The molecule has 0 radical (unpaired) electrons. The molecule has 0 aliphatic carbocycles. The third kappa shape index (κ3) is 2.29. The van der Waals surface area contributed by atoms with E-state index in [2.05, 4.69) is 41.7 Å². The summed E-state index contributed by atoms with van der Waals surface area (Å²) >= 11 is 1.32. The molecule has 4 heteroatoms. The van der Waals surface area contributed by atoms with Crippen molar-refractivity contribution < 1.29 is 0 Å². The first kappa shape index (κ1) is 11.6. The molecule has 0 aliphatic rings. The fraction of sp³-hybridized carbons (Fsp3) is 0.231. The summed E-state index contributed by atoms with van der Waals surface area (Å²) in [4.78, 5) is 0. The maximum absolute atomic E-state index is 9.04. The molecule has 0 atom stereocenters. The number of hydrogen-bond acceptors (Lipinski definition) is 4. The number of hydrogen-bond donors (Lipinski definition) is 1. The predicted octanol–water partition coefficient (Wildman–Crippen LogP) is 3.68. The van der Waals surface area contributed by atoms with Gasteiger partial charge in [0.2, 0.25) is 0 Å². The highest BCUT2D eigenvalue weighted by molar-refractivity contribution is 7.10. The van der Waals surface area contributed by atoms with E-state index in [0.29, 0.717) is 5.56 Å². The highest BCUT2D eigenvalue weighted by Gasteiger charge is 2.10. The minimum Gasteiger partial charge on any atom is -0.345 e. The standard InChI is InChI=1S/C13H13N3S/c1-8-4-5-11(6-9(8)2)15-13-12(7-14)10(3)16-17-13/h4-6,15H,1-3H3. The maximum atomic E-state index is 9.04. The molecule has 0 aliphatic heterocycles. The van der Waals surface area contributed by atoms with Gasteiger partial charge < -0.3 is 5.32 Å². The van der Waals surface area contributed by atoms with Crippen molar-refractivity contribution in [3.8, 4) is 6.07 Å². The Balaban J connectivity index is 2.32. The second-order valence-electron chi connectivity index (χ2n) is 4.01. The first-order valence-electron chi connectivity index (χ1n) is 5.32. The highest BCUT2D eigenvalue weighted by Crippen LogP contribution is 2.27. The average molecular weight is 243 g/mol. The molecule has 0 unspecified atom stereocenters. The van der Waals surface area contributed by atoms with Crippen LogP contribution in [0.2, 0.25) is 0 Å². The lowest BCUT2D eigenvalue weighted by Crippen LogP contribution is -1.92. The van der Waals surface area contributed by atoms with Crippen LogP contribution < -0.4 is 5.32 Å². The maximum Gasteiger partial charge on any atom is 0.132 e. The molecule has 1 aromatic heterocycles. The highest BCUT2D eigenvalue weighted by atomic mass is 32.1. The minimum absolute atomic E-state index is 0.633. The van der Waals surface area contributed by atoms with E-state index in [1.54, 1.807) is 0 Å². The second kappa shape index (κ2) is 4.56. The van der Waals surface area contributed by atoms with Crippen molar-refractivity contribution >= 4 is 22.2 Å². The Labute approximate surface area is 105 Å². The van der Waals surface area contributed by atoms with Crippen molar-refractivity contribution in [1.29, 1.82) is 5.26 Å². The van der Waals surface area contributed by atoms with Crippen LogP contribution in [0.4, 0.5) is 10.7 Å². The number of aryl methyl sites for hydroxylation is 3. The molecule has 0 saturated carbocycles. The van der Waals surface area contributed by atoms with Gasteiger partial charge in [-0.15, -0.1) is 0 Å². The van der Waals surface area contributed by atoms with E-state index in [9.17, 15) is 0 Å². The van der Waals surface area contributed by atoms with E-state index in [0.717, 1.165) is 16.4 Å². The van der Waals surface area contributed by atoms with Crippen LogP contribution >= 0.6 is 11.5 Å². The van der Waals surface area contributed by atoms with Gasteiger partial charge in [0, 0.05) is 5.69 Å². The monoisotopic (exact) mass is 243 g/mol.